The average Bonchev–Trinajstić information content (AvgIpc) is 2.73. The van der Waals surface area contributed by atoms with Gasteiger partial charge in [0.05, 0.1) is 19.8 Å². The normalized spacial score (nSPS) is 27.8. The van der Waals surface area contributed by atoms with Crippen LogP contribution in [-0.4, -0.2) is 19.8 Å². The van der Waals surface area contributed by atoms with Crippen LogP contribution in [0.25, 0.3) is 0 Å². The Balaban J connectivity index is 1.41. The molecule has 0 spiro atoms. The largest absolute Gasteiger partial charge is 0.378 e. The summed E-state index contributed by atoms with van der Waals surface area (Å²) < 4.78 is 11.0. The van der Waals surface area contributed by atoms with Crippen molar-refractivity contribution < 1.29 is 9.47 Å². The summed E-state index contributed by atoms with van der Waals surface area (Å²) in [6.45, 7) is 7.14. The summed E-state index contributed by atoms with van der Waals surface area (Å²) in [4.78, 5) is 0. The molecule has 4 unspecified atom stereocenters. The Morgan fingerprint density at radius 3 is 2.32 bits per heavy atom. The minimum Gasteiger partial charge on any atom is -0.378 e. The highest BCUT2D eigenvalue weighted by molar-refractivity contribution is 5.25. The molecule has 0 aliphatic heterocycles. The van der Waals surface area contributed by atoms with Gasteiger partial charge in [0, 0.05) is 6.61 Å². The molecule has 0 amide bonds. The minimum absolute atomic E-state index is 0.652. The standard InChI is InChI=1S/C26H40O2/c1-3-7-21-8-13-26-19-25(15-14-24(26)18-21)23-11-9-22(10-12-23)20-28-17-6-5-16-27-4-2/h5-6,9-12,21,24-26H,3-4,7-8,13-20H2,1-2H3/b6-5-. The van der Waals surface area contributed by atoms with E-state index in [2.05, 4.69) is 31.2 Å². The summed E-state index contributed by atoms with van der Waals surface area (Å²) in [5, 5.41) is 0. The van der Waals surface area contributed by atoms with Crippen molar-refractivity contribution in [1.82, 2.24) is 0 Å². The van der Waals surface area contributed by atoms with Gasteiger partial charge in [0.25, 0.3) is 0 Å². The van der Waals surface area contributed by atoms with E-state index in [1.807, 2.05) is 19.1 Å². The lowest BCUT2D eigenvalue weighted by Gasteiger charge is -2.42. The van der Waals surface area contributed by atoms with Crippen molar-refractivity contribution in [3.63, 3.8) is 0 Å². The zero-order valence-electron chi connectivity index (χ0n) is 18.1. The lowest BCUT2D eigenvalue weighted by Crippen LogP contribution is -2.30. The monoisotopic (exact) mass is 384 g/mol. The van der Waals surface area contributed by atoms with Crippen molar-refractivity contribution in [2.45, 2.75) is 77.7 Å². The quantitative estimate of drug-likeness (QED) is 0.323. The van der Waals surface area contributed by atoms with Crippen molar-refractivity contribution in [2.75, 3.05) is 19.8 Å². The third kappa shape index (κ3) is 6.46. The van der Waals surface area contributed by atoms with Gasteiger partial charge in [-0.1, -0.05) is 62.6 Å². The van der Waals surface area contributed by atoms with Gasteiger partial charge in [0.1, 0.15) is 0 Å². The molecule has 156 valence electrons. The molecule has 2 heteroatoms. The zero-order chi connectivity index (χ0) is 19.6. The molecule has 0 heterocycles. The zero-order valence-corrected chi connectivity index (χ0v) is 18.1. The second-order valence-corrected chi connectivity index (χ2v) is 8.89. The van der Waals surface area contributed by atoms with E-state index in [9.17, 15) is 0 Å². The van der Waals surface area contributed by atoms with Gasteiger partial charge in [0.15, 0.2) is 0 Å². The molecule has 4 atom stereocenters. The second kappa shape index (κ2) is 11.8. The summed E-state index contributed by atoms with van der Waals surface area (Å²) in [5.74, 6) is 3.81. The minimum atomic E-state index is 0.652. The second-order valence-electron chi connectivity index (χ2n) is 8.89. The number of benzene rings is 1. The molecule has 0 bridgehead atoms. The maximum Gasteiger partial charge on any atom is 0.0721 e. The lowest BCUT2D eigenvalue weighted by atomic mass is 9.63. The van der Waals surface area contributed by atoms with Gasteiger partial charge in [0.2, 0.25) is 0 Å². The van der Waals surface area contributed by atoms with E-state index in [0.717, 1.165) is 30.3 Å². The maximum absolute atomic E-state index is 5.74. The number of fused-ring (bicyclic) bond motifs is 1. The molecule has 0 N–H and O–H groups in total. The molecule has 2 fully saturated rings. The first-order valence-electron chi connectivity index (χ1n) is 11.7. The Labute approximate surface area is 172 Å². The predicted molar refractivity (Wildman–Crippen MR) is 118 cm³/mol. The van der Waals surface area contributed by atoms with Crippen LogP contribution in [0.15, 0.2) is 36.4 Å². The molecule has 0 radical (unpaired) electrons. The van der Waals surface area contributed by atoms with E-state index in [4.69, 9.17) is 9.47 Å². The first-order valence-corrected chi connectivity index (χ1v) is 11.7. The van der Waals surface area contributed by atoms with E-state index in [0.29, 0.717) is 19.8 Å². The van der Waals surface area contributed by atoms with Crippen LogP contribution >= 0.6 is 0 Å². The van der Waals surface area contributed by atoms with Crippen molar-refractivity contribution >= 4 is 0 Å². The molecule has 0 aromatic heterocycles. The molecule has 1 aromatic rings. The first kappa shape index (κ1) is 21.6. The highest BCUT2D eigenvalue weighted by Gasteiger charge is 2.35. The Bertz CT molecular complexity index is 577. The topological polar surface area (TPSA) is 18.5 Å². The van der Waals surface area contributed by atoms with Crippen LogP contribution in [0, 0.1) is 17.8 Å². The van der Waals surface area contributed by atoms with Gasteiger partial charge in [-0.25, -0.2) is 0 Å². The van der Waals surface area contributed by atoms with Gasteiger partial charge >= 0.3 is 0 Å². The van der Waals surface area contributed by atoms with E-state index in [1.54, 1.807) is 5.56 Å². The van der Waals surface area contributed by atoms with Gasteiger partial charge in [-0.15, -0.1) is 0 Å². The fraction of sp³-hybridized carbons (Fsp3) is 0.692. The molecule has 2 aliphatic rings. The molecule has 1 aromatic carbocycles. The van der Waals surface area contributed by atoms with Gasteiger partial charge < -0.3 is 9.47 Å². The van der Waals surface area contributed by atoms with Gasteiger partial charge in [-0.2, -0.15) is 0 Å². The summed E-state index contributed by atoms with van der Waals surface area (Å²) in [7, 11) is 0. The molecule has 3 rings (SSSR count). The van der Waals surface area contributed by atoms with Crippen LogP contribution in [0.1, 0.15) is 82.3 Å². The summed E-state index contributed by atoms with van der Waals surface area (Å²) >= 11 is 0. The van der Waals surface area contributed by atoms with Crippen LogP contribution in [0.2, 0.25) is 0 Å². The van der Waals surface area contributed by atoms with Crippen molar-refractivity contribution in [3.05, 3.63) is 47.5 Å². The number of hydrogen-bond acceptors (Lipinski definition) is 2. The molecule has 28 heavy (non-hydrogen) atoms. The van der Waals surface area contributed by atoms with Crippen molar-refractivity contribution in [1.29, 1.82) is 0 Å². The smallest absolute Gasteiger partial charge is 0.0721 e. The predicted octanol–water partition coefficient (Wildman–Crippen LogP) is 6.90. The summed E-state index contributed by atoms with van der Waals surface area (Å²) in [6.07, 6.45) is 15.6. The Kier molecular flexibility index (Phi) is 9.08. The lowest BCUT2D eigenvalue weighted by molar-refractivity contribution is 0.114. The SMILES string of the molecule is CCCC1CCC2CC(c3ccc(COC/C=C\COCC)cc3)CCC2C1. The summed E-state index contributed by atoms with van der Waals surface area (Å²) in [5.41, 5.74) is 2.82. The van der Waals surface area contributed by atoms with E-state index >= 15 is 0 Å². The van der Waals surface area contributed by atoms with Crippen LogP contribution in [0.4, 0.5) is 0 Å². The third-order valence-corrected chi connectivity index (χ3v) is 6.94. The first-order chi connectivity index (χ1) is 13.8. The molecular formula is C26H40O2. The third-order valence-electron chi connectivity index (χ3n) is 6.94. The van der Waals surface area contributed by atoms with Crippen molar-refractivity contribution in [2.24, 2.45) is 17.8 Å². The fourth-order valence-electron chi connectivity index (χ4n) is 5.41. The number of rotatable bonds is 10. The van der Waals surface area contributed by atoms with Crippen LogP contribution in [-0.2, 0) is 16.1 Å². The number of ether oxygens (including phenoxy) is 2. The van der Waals surface area contributed by atoms with Gasteiger partial charge in [-0.3, -0.25) is 0 Å². The highest BCUT2D eigenvalue weighted by Crippen LogP contribution is 2.48. The van der Waals surface area contributed by atoms with Crippen molar-refractivity contribution in [3.8, 4) is 0 Å². The van der Waals surface area contributed by atoms with Crippen LogP contribution in [0.3, 0.4) is 0 Å². The Hall–Kier alpha value is -1.12. The molecule has 2 nitrogen and oxygen atoms in total. The Morgan fingerprint density at radius 1 is 0.857 bits per heavy atom. The van der Waals surface area contributed by atoms with E-state index < -0.39 is 0 Å². The fourth-order valence-corrected chi connectivity index (χ4v) is 5.41. The average molecular weight is 385 g/mol. The molecule has 2 aliphatic carbocycles. The Morgan fingerprint density at radius 2 is 1.57 bits per heavy atom. The van der Waals surface area contributed by atoms with Crippen LogP contribution < -0.4 is 0 Å². The van der Waals surface area contributed by atoms with Gasteiger partial charge in [-0.05, 0) is 73.8 Å². The highest BCUT2D eigenvalue weighted by atomic mass is 16.5. The van der Waals surface area contributed by atoms with Crippen LogP contribution in [0.5, 0.6) is 0 Å². The molecule has 2 saturated carbocycles. The maximum atomic E-state index is 5.74. The molecule has 0 saturated heterocycles. The summed E-state index contributed by atoms with van der Waals surface area (Å²) in [6, 6.07) is 9.25. The van der Waals surface area contributed by atoms with E-state index in [1.165, 1.54) is 56.9 Å². The number of hydrogen-bond donors (Lipinski definition) is 0. The molecular weight excluding hydrogens is 344 g/mol. The van der Waals surface area contributed by atoms with E-state index in [-0.39, 0.29) is 0 Å².